The summed E-state index contributed by atoms with van der Waals surface area (Å²) in [7, 11) is 0. The minimum atomic E-state index is -3.13. The van der Waals surface area contributed by atoms with Crippen LogP contribution >= 0.6 is 23.2 Å². The second-order valence-electron chi connectivity index (χ2n) is 18.0. The monoisotopic (exact) mass is 970 g/mol. The van der Waals surface area contributed by atoms with Crippen molar-refractivity contribution in [1.29, 1.82) is 0 Å². The summed E-state index contributed by atoms with van der Waals surface area (Å²) in [5, 5.41) is 26.0. The topological polar surface area (TPSA) is 154 Å². The molecule has 5 atom stereocenters. The molecule has 356 valence electrons. The van der Waals surface area contributed by atoms with E-state index >= 15 is 0 Å². The van der Waals surface area contributed by atoms with Gasteiger partial charge >= 0.3 is 12.7 Å². The Bertz CT molecular complexity index is 2590. The second-order valence-corrected chi connectivity index (χ2v) is 18.8. The number of amides is 2. The van der Waals surface area contributed by atoms with Crippen LogP contribution in [0.15, 0.2) is 109 Å². The highest BCUT2D eigenvalue weighted by atomic mass is 35.5. The van der Waals surface area contributed by atoms with Gasteiger partial charge in [0.05, 0.1) is 12.6 Å². The van der Waals surface area contributed by atoms with Crippen molar-refractivity contribution in [3.63, 3.8) is 0 Å². The number of nitrogens with one attached hydrogen (secondary N) is 1. The molecule has 17 heteroatoms. The molecule has 2 unspecified atom stereocenters. The number of alkyl carbamates (subject to hydrolysis) is 1. The minimum Gasteiger partial charge on any atom is -0.550 e. The number of piperidine rings is 3. The lowest BCUT2D eigenvalue weighted by Crippen LogP contribution is -2.66. The Kier molecular flexibility index (Phi) is 14.2. The van der Waals surface area contributed by atoms with Crippen LogP contribution < -0.4 is 29.4 Å². The van der Waals surface area contributed by atoms with Gasteiger partial charge in [-0.1, -0.05) is 83.9 Å². The third-order valence-electron chi connectivity index (χ3n) is 13.5. The molecule has 2 bridgehead atoms. The lowest BCUT2D eigenvalue weighted by atomic mass is 9.73. The lowest BCUT2D eigenvalue weighted by Gasteiger charge is -2.52. The van der Waals surface area contributed by atoms with E-state index in [1.165, 1.54) is 35.5 Å². The van der Waals surface area contributed by atoms with E-state index in [9.17, 15) is 33.5 Å². The third kappa shape index (κ3) is 10.9. The third-order valence-corrected chi connectivity index (χ3v) is 14.1. The number of carbonyl (C=O) groups is 3. The van der Waals surface area contributed by atoms with Crippen LogP contribution in [0.1, 0.15) is 75.8 Å². The van der Waals surface area contributed by atoms with E-state index in [0.29, 0.717) is 27.5 Å². The highest BCUT2D eigenvalue weighted by Gasteiger charge is 2.48. The summed E-state index contributed by atoms with van der Waals surface area (Å²) in [5.41, 5.74) is 3.51. The normalized spacial score (nSPS) is 21.6. The number of carboxylic acid groups (broad SMARTS) is 1. The molecule has 0 radical (unpaired) electrons. The molecule has 4 aromatic carbocycles. The van der Waals surface area contributed by atoms with E-state index in [0.717, 1.165) is 62.0 Å². The number of halogens is 4. The van der Waals surface area contributed by atoms with Crippen LogP contribution in [-0.4, -0.2) is 84.5 Å². The van der Waals surface area contributed by atoms with Crippen LogP contribution in [0, 0.1) is 17.8 Å². The largest absolute Gasteiger partial charge is 0.550 e. The van der Waals surface area contributed by atoms with Gasteiger partial charge in [-0.2, -0.15) is 8.78 Å². The number of hydrogen-bond donors (Lipinski definition) is 2. The van der Waals surface area contributed by atoms with Gasteiger partial charge in [-0.3, -0.25) is 14.9 Å². The molecule has 10 rings (SSSR count). The molecule has 5 aliphatic rings. The summed E-state index contributed by atoms with van der Waals surface area (Å²) in [4.78, 5) is 44.2. The van der Waals surface area contributed by atoms with Gasteiger partial charge in [-0.25, -0.2) is 4.79 Å². The maximum Gasteiger partial charge on any atom is 0.408 e. The fourth-order valence-corrected chi connectivity index (χ4v) is 10.2. The van der Waals surface area contributed by atoms with E-state index in [-0.39, 0.29) is 65.3 Å². The van der Waals surface area contributed by atoms with Gasteiger partial charge < -0.3 is 39.1 Å². The highest BCUT2D eigenvalue weighted by Crippen LogP contribution is 2.44. The predicted molar refractivity (Wildman–Crippen MR) is 243 cm³/mol. The summed E-state index contributed by atoms with van der Waals surface area (Å²) >= 11 is 13.2. The van der Waals surface area contributed by atoms with Crippen LogP contribution in [0.25, 0.3) is 0 Å². The maximum atomic E-state index is 14.4. The molecular formula is C51H50Cl2F2N4O9. The van der Waals surface area contributed by atoms with Crippen LogP contribution in [-0.2, 0) is 22.6 Å². The molecular weight excluding hydrogens is 921 g/mol. The zero-order valence-corrected chi connectivity index (χ0v) is 38.4. The number of fused-ring (bicyclic) bond motifs is 3. The van der Waals surface area contributed by atoms with Crippen LogP contribution in [0.3, 0.4) is 0 Å². The molecule has 5 aromatic rings. The van der Waals surface area contributed by atoms with Crippen molar-refractivity contribution >= 4 is 41.2 Å². The first-order chi connectivity index (χ1) is 32.9. The average Bonchev–Trinajstić information content (AvgIpc) is 4.15. The Morgan fingerprint density at radius 1 is 0.824 bits per heavy atom. The average molecular weight is 972 g/mol. The van der Waals surface area contributed by atoms with Crippen LogP contribution in [0.4, 0.5) is 13.6 Å². The van der Waals surface area contributed by atoms with E-state index in [4.69, 9.17) is 42.1 Å². The molecule has 0 spiro atoms. The first-order valence-electron chi connectivity index (χ1n) is 22.7. The first kappa shape index (κ1) is 46.9. The molecule has 1 aliphatic carbocycles. The second kappa shape index (κ2) is 20.6. The highest BCUT2D eigenvalue weighted by molar-refractivity contribution is 6.35. The minimum absolute atomic E-state index is 0.0166. The summed E-state index contributed by atoms with van der Waals surface area (Å²) < 4.78 is 50.6. The number of aliphatic carboxylic acids is 1. The molecule has 5 heterocycles. The van der Waals surface area contributed by atoms with Crippen molar-refractivity contribution in [3.8, 4) is 17.2 Å². The van der Waals surface area contributed by atoms with Crippen LogP contribution in [0.5, 0.6) is 17.2 Å². The lowest BCUT2D eigenvalue weighted by molar-refractivity contribution is -0.904. The number of pyridine rings is 1. The zero-order valence-electron chi connectivity index (χ0n) is 36.9. The van der Waals surface area contributed by atoms with Crippen molar-refractivity contribution < 1.29 is 57.2 Å². The molecule has 4 aliphatic heterocycles. The van der Waals surface area contributed by atoms with E-state index in [1.807, 2.05) is 54.6 Å². The Morgan fingerprint density at radius 2 is 1.54 bits per heavy atom. The van der Waals surface area contributed by atoms with Crippen molar-refractivity contribution in [2.24, 2.45) is 17.8 Å². The fourth-order valence-electron chi connectivity index (χ4n) is 9.59. The van der Waals surface area contributed by atoms with Crippen molar-refractivity contribution in [2.75, 3.05) is 32.8 Å². The Hall–Kier alpha value is -6.16. The smallest absolute Gasteiger partial charge is 0.408 e. The summed E-state index contributed by atoms with van der Waals surface area (Å²) in [6, 6.07) is 26.7. The van der Waals surface area contributed by atoms with Gasteiger partial charge in [0.1, 0.15) is 28.5 Å². The maximum absolute atomic E-state index is 14.4. The van der Waals surface area contributed by atoms with Gasteiger partial charge in [-0.15, -0.1) is 0 Å². The molecule has 13 nitrogen and oxygen atoms in total. The van der Waals surface area contributed by atoms with E-state index in [1.54, 1.807) is 24.3 Å². The number of carboxylic acids is 1. The predicted octanol–water partition coefficient (Wildman–Crippen LogP) is 7.61. The van der Waals surface area contributed by atoms with E-state index in [2.05, 4.69) is 10.2 Å². The van der Waals surface area contributed by atoms with Crippen LogP contribution in [0.2, 0.25) is 10.0 Å². The Balaban J connectivity index is 0.919. The fraction of sp³-hybridized carbons (Fsp3) is 0.373. The number of aromatic nitrogens is 1. The number of rotatable bonds is 18. The quantitative estimate of drug-likeness (QED) is 0.0663. The number of hydrogen-bond acceptors (Lipinski definition) is 10. The number of carbonyl (C=O) groups excluding carboxylic acids is 3. The van der Waals surface area contributed by atoms with Gasteiger partial charge in [-0.05, 0) is 116 Å². The van der Waals surface area contributed by atoms with Crippen molar-refractivity contribution in [2.45, 2.75) is 69.4 Å². The molecule has 4 saturated heterocycles. The van der Waals surface area contributed by atoms with Gasteiger partial charge in [0.2, 0.25) is 12.4 Å². The number of likely N-dealkylation sites (tertiary alicyclic amines) is 1. The molecule has 2 N–H and O–H groups in total. The van der Waals surface area contributed by atoms with E-state index < -0.39 is 48.5 Å². The standard InChI is InChI=1S/C51H50Cl2F2N4O9/c52-41-25-58(64)26-42(53)39(41)23-38(35-15-16-43(67-50(54)55)44(22-35)66-29-30-9-10-30)47-40(49(61)62)24-59(47)48(60)34-13-11-31(12-14-34)28-65-37-8-4-7-36(21-37)46(33-5-2-1-3-6-33)56-51(63)68-45-27-57-19-17-32(45)18-20-57/h1-8,11-16,21-22,25-26,30,32,38,40,45-47,50H,9-10,17-20,23-24,27-29H2,(H2-,56,61,62,63,64)/t38-,40?,45-,46-,47?/m0/s1. The number of ether oxygens (including phenoxy) is 4. The van der Waals surface area contributed by atoms with Gasteiger partial charge in [0, 0.05) is 52.8 Å². The summed E-state index contributed by atoms with van der Waals surface area (Å²) in [6.07, 6.45) is 5.74. The van der Waals surface area contributed by atoms with Crippen molar-refractivity contribution in [1.82, 2.24) is 15.1 Å². The summed E-state index contributed by atoms with van der Waals surface area (Å²) in [5.74, 6) is -2.75. The Labute approximate surface area is 402 Å². The number of nitrogens with zero attached hydrogens (tertiary/aromatic N) is 3. The van der Waals surface area contributed by atoms with Crippen molar-refractivity contribution in [3.05, 3.63) is 153 Å². The number of alkyl halides is 2. The summed E-state index contributed by atoms with van der Waals surface area (Å²) in [6.45, 7) is -0.0440. The molecule has 1 saturated carbocycles. The molecule has 5 fully saturated rings. The molecule has 2 amide bonds. The molecule has 68 heavy (non-hydrogen) atoms. The number of benzene rings is 4. The Morgan fingerprint density at radius 3 is 2.21 bits per heavy atom. The first-order valence-corrected chi connectivity index (χ1v) is 23.5. The SMILES string of the molecule is O=C(N[C@@H](c1ccccc1)c1cccc(OCc2ccc(C(=O)N3CC(C(=O)[O-])C3[C@@H](Cc3c(Cl)c[n+](O)cc3Cl)c3ccc(OC(F)F)c(OCC4CC4)c3)cc2)c1)O[C@H]1CN2CCC1CC2. The van der Waals surface area contributed by atoms with Gasteiger partial charge in [0.25, 0.3) is 5.91 Å². The molecule has 1 aromatic heterocycles. The zero-order chi connectivity index (χ0) is 47.5. The van der Waals surface area contributed by atoms with Gasteiger partial charge in [0.15, 0.2) is 11.5 Å².